The lowest BCUT2D eigenvalue weighted by Crippen LogP contribution is -2.36. The van der Waals surface area contributed by atoms with Crippen molar-refractivity contribution in [2.24, 2.45) is 5.41 Å². The van der Waals surface area contributed by atoms with Gasteiger partial charge in [-0.15, -0.1) is 0 Å². The van der Waals surface area contributed by atoms with E-state index >= 15 is 0 Å². The number of amides is 1. The predicted molar refractivity (Wildman–Crippen MR) is 99.8 cm³/mol. The Labute approximate surface area is 156 Å². The molecule has 0 atom stereocenters. The van der Waals surface area contributed by atoms with E-state index in [1.54, 1.807) is 18.2 Å². The Balaban J connectivity index is 1.78. The monoisotopic (exact) mass is 373 g/mol. The third-order valence-corrected chi connectivity index (χ3v) is 4.88. The number of rotatable bonds is 6. The molecule has 0 bridgehead atoms. The van der Waals surface area contributed by atoms with Crippen LogP contribution in [0.3, 0.4) is 0 Å². The standard InChI is InChI=1S/C20H20ClNO4/c1-2-26-17-9-15(21)7-8-16(17)22-18(23)12-20(19(24)25)10-13-5-3-4-6-14(13)11-20/h3-9H,2,10-12H2,1H3,(H,22,23)(H,24,25). The van der Waals surface area contributed by atoms with Gasteiger partial charge < -0.3 is 15.2 Å². The number of carboxylic acids is 1. The molecule has 0 aliphatic heterocycles. The summed E-state index contributed by atoms with van der Waals surface area (Å²) in [6.07, 6.45) is 0.598. The van der Waals surface area contributed by atoms with Gasteiger partial charge in [-0.05, 0) is 43.0 Å². The van der Waals surface area contributed by atoms with E-state index in [1.165, 1.54) is 0 Å². The van der Waals surface area contributed by atoms with Crippen molar-refractivity contribution in [3.8, 4) is 5.75 Å². The fraction of sp³-hybridized carbons (Fsp3) is 0.300. The van der Waals surface area contributed by atoms with E-state index in [1.807, 2.05) is 31.2 Å². The summed E-state index contributed by atoms with van der Waals surface area (Å²) in [6.45, 7) is 2.26. The van der Waals surface area contributed by atoms with Crippen LogP contribution in [0.15, 0.2) is 42.5 Å². The molecule has 2 aromatic rings. The molecule has 26 heavy (non-hydrogen) atoms. The van der Waals surface area contributed by atoms with Gasteiger partial charge in [0.15, 0.2) is 0 Å². The highest BCUT2D eigenvalue weighted by molar-refractivity contribution is 6.30. The van der Waals surface area contributed by atoms with Crippen molar-refractivity contribution in [3.63, 3.8) is 0 Å². The third kappa shape index (κ3) is 3.68. The number of carbonyl (C=O) groups is 2. The number of ether oxygens (including phenoxy) is 1. The van der Waals surface area contributed by atoms with Gasteiger partial charge in [0.05, 0.1) is 17.7 Å². The molecule has 0 heterocycles. The van der Waals surface area contributed by atoms with E-state index in [9.17, 15) is 14.7 Å². The summed E-state index contributed by atoms with van der Waals surface area (Å²) in [4.78, 5) is 24.6. The molecule has 0 radical (unpaired) electrons. The molecule has 0 saturated carbocycles. The van der Waals surface area contributed by atoms with Crippen LogP contribution in [0.5, 0.6) is 5.75 Å². The van der Waals surface area contributed by atoms with Gasteiger partial charge in [0.2, 0.25) is 5.91 Å². The highest BCUT2D eigenvalue weighted by atomic mass is 35.5. The molecule has 5 nitrogen and oxygen atoms in total. The molecule has 1 aliphatic rings. The average Bonchev–Trinajstić information content (AvgIpc) is 2.97. The van der Waals surface area contributed by atoms with Crippen LogP contribution in [0, 0.1) is 5.41 Å². The largest absolute Gasteiger partial charge is 0.492 e. The van der Waals surface area contributed by atoms with E-state index in [0.717, 1.165) is 11.1 Å². The number of benzene rings is 2. The molecule has 0 saturated heterocycles. The second-order valence-corrected chi connectivity index (χ2v) is 6.94. The van der Waals surface area contributed by atoms with Crippen molar-refractivity contribution >= 4 is 29.2 Å². The number of carbonyl (C=O) groups excluding carboxylic acids is 1. The molecular weight excluding hydrogens is 354 g/mol. The summed E-state index contributed by atoms with van der Waals surface area (Å²) >= 11 is 5.97. The first kappa shape index (κ1) is 18.3. The van der Waals surface area contributed by atoms with Crippen molar-refractivity contribution in [1.29, 1.82) is 0 Å². The molecule has 2 aromatic carbocycles. The second kappa shape index (κ2) is 7.38. The number of halogens is 1. The Kier molecular flexibility index (Phi) is 5.18. The molecule has 2 N–H and O–H groups in total. The number of fused-ring (bicyclic) bond motifs is 1. The lowest BCUT2D eigenvalue weighted by Gasteiger charge is -2.23. The molecule has 6 heteroatoms. The average molecular weight is 374 g/mol. The van der Waals surface area contributed by atoms with Gasteiger partial charge in [0.1, 0.15) is 5.75 Å². The fourth-order valence-electron chi connectivity index (χ4n) is 3.42. The second-order valence-electron chi connectivity index (χ2n) is 6.51. The number of hydrogen-bond acceptors (Lipinski definition) is 3. The molecular formula is C20H20ClNO4. The Morgan fingerprint density at radius 1 is 1.19 bits per heavy atom. The van der Waals surface area contributed by atoms with Crippen molar-refractivity contribution in [2.75, 3.05) is 11.9 Å². The molecule has 3 rings (SSSR count). The number of hydrogen-bond donors (Lipinski definition) is 2. The summed E-state index contributed by atoms with van der Waals surface area (Å²) in [5.41, 5.74) is 1.34. The van der Waals surface area contributed by atoms with Crippen molar-refractivity contribution < 1.29 is 19.4 Å². The molecule has 0 fully saturated rings. The van der Waals surface area contributed by atoms with Gasteiger partial charge in [0.25, 0.3) is 0 Å². The summed E-state index contributed by atoms with van der Waals surface area (Å²) < 4.78 is 5.50. The van der Waals surface area contributed by atoms with Gasteiger partial charge in [-0.2, -0.15) is 0 Å². The number of aliphatic carboxylic acids is 1. The first-order valence-electron chi connectivity index (χ1n) is 8.46. The maximum Gasteiger partial charge on any atom is 0.310 e. The van der Waals surface area contributed by atoms with Crippen LogP contribution >= 0.6 is 11.6 Å². The van der Waals surface area contributed by atoms with Crippen LogP contribution in [-0.2, 0) is 22.4 Å². The zero-order chi connectivity index (χ0) is 18.7. The van der Waals surface area contributed by atoms with E-state index in [2.05, 4.69) is 5.32 Å². The quantitative estimate of drug-likeness (QED) is 0.804. The molecule has 0 unspecified atom stereocenters. The van der Waals surface area contributed by atoms with Crippen LogP contribution in [-0.4, -0.2) is 23.6 Å². The van der Waals surface area contributed by atoms with E-state index < -0.39 is 11.4 Å². The van der Waals surface area contributed by atoms with Gasteiger partial charge in [-0.25, -0.2) is 0 Å². The first-order chi connectivity index (χ1) is 12.4. The maximum atomic E-state index is 12.6. The molecule has 1 amide bonds. The van der Waals surface area contributed by atoms with E-state index in [4.69, 9.17) is 16.3 Å². The lowest BCUT2D eigenvalue weighted by molar-refractivity contribution is -0.150. The smallest absolute Gasteiger partial charge is 0.310 e. The molecule has 136 valence electrons. The predicted octanol–water partition coefficient (Wildman–Crippen LogP) is 3.94. The molecule has 0 aromatic heterocycles. The van der Waals surface area contributed by atoms with Crippen molar-refractivity contribution in [2.45, 2.75) is 26.2 Å². The Hall–Kier alpha value is -2.53. The molecule has 0 spiro atoms. The summed E-state index contributed by atoms with van der Waals surface area (Å²) in [5, 5.41) is 13.1. The summed E-state index contributed by atoms with van der Waals surface area (Å²) in [5.74, 6) is -0.846. The number of anilines is 1. The number of nitrogens with one attached hydrogen (secondary N) is 1. The van der Waals surface area contributed by atoms with Crippen molar-refractivity contribution in [1.82, 2.24) is 0 Å². The van der Waals surface area contributed by atoms with Crippen LogP contribution in [0.25, 0.3) is 0 Å². The lowest BCUT2D eigenvalue weighted by atomic mass is 9.81. The summed E-state index contributed by atoms with van der Waals surface area (Å²) in [7, 11) is 0. The van der Waals surface area contributed by atoms with Gasteiger partial charge in [0, 0.05) is 17.5 Å². The van der Waals surface area contributed by atoms with Crippen LogP contribution in [0.1, 0.15) is 24.5 Å². The van der Waals surface area contributed by atoms with Crippen LogP contribution in [0.4, 0.5) is 5.69 Å². The minimum Gasteiger partial charge on any atom is -0.492 e. The SMILES string of the molecule is CCOc1cc(Cl)ccc1NC(=O)CC1(C(=O)O)Cc2ccccc2C1. The third-order valence-electron chi connectivity index (χ3n) is 4.65. The van der Waals surface area contributed by atoms with E-state index in [-0.39, 0.29) is 12.3 Å². The first-order valence-corrected chi connectivity index (χ1v) is 8.84. The minimum absolute atomic E-state index is 0.106. The Morgan fingerprint density at radius 3 is 2.42 bits per heavy atom. The normalized spacial score (nSPS) is 14.5. The highest BCUT2D eigenvalue weighted by Gasteiger charge is 2.45. The topological polar surface area (TPSA) is 75.6 Å². The van der Waals surface area contributed by atoms with E-state index in [0.29, 0.717) is 35.9 Å². The summed E-state index contributed by atoms with van der Waals surface area (Å²) in [6, 6.07) is 12.5. The zero-order valence-electron chi connectivity index (χ0n) is 14.4. The van der Waals surface area contributed by atoms with Gasteiger partial charge in [-0.1, -0.05) is 35.9 Å². The fourth-order valence-corrected chi connectivity index (χ4v) is 3.58. The minimum atomic E-state index is -1.12. The van der Waals surface area contributed by atoms with Crippen LogP contribution in [0.2, 0.25) is 5.02 Å². The number of carboxylic acid groups (broad SMARTS) is 1. The Morgan fingerprint density at radius 2 is 1.85 bits per heavy atom. The van der Waals surface area contributed by atoms with Gasteiger partial charge >= 0.3 is 5.97 Å². The Bertz CT molecular complexity index is 824. The van der Waals surface area contributed by atoms with Crippen molar-refractivity contribution in [3.05, 3.63) is 58.6 Å². The highest BCUT2D eigenvalue weighted by Crippen LogP contribution is 2.40. The van der Waals surface area contributed by atoms with Gasteiger partial charge in [-0.3, -0.25) is 9.59 Å². The zero-order valence-corrected chi connectivity index (χ0v) is 15.2. The maximum absolute atomic E-state index is 12.6. The molecule has 1 aliphatic carbocycles. The van der Waals surface area contributed by atoms with Crippen LogP contribution < -0.4 is 10.1 Å².